The lowest BCUT2D eigenvalue weighted by molar-refractivity contribution is -0.148. The number of carboxylic acids is 1. The number of aliphatic carboxylic acids is 1. The fourth-order valence-corrected chi connectivity index (χ4v) is 2.42. The molecule has 4 N–H and O–H groups in total. The van der Waals surface area contributed by atoms with Gasteiger partial charge in [-0.05, 0) is 6.42 Å². The van der Waals surface area contributed by atoms with Gasteiger partial charge in [0.1, 0.15) is 5.54 Å². The van der Waals surface area contributed by atoms with E-state index < -0.39 is 17.5 Å². The van der Waals surface area contributed by atoms with Crippen LogP contribution >= 0.6 is 0 Å². The molecule has 2 fully saturated rings. The van der Waals surface area contributed by atoms with E-state index in [0.717, 1.165) is 0 Å². The third kappa shape index (κ3) is 3.38. The highest BCUT2D eigenvalue weighted by Gasteiger charge is 2.41. The normalized spacial score (nSPS) is 24.8. The van der Waals surface area contributed by atoms with Gasteiger partial charge in [-0.25, -0.2) is 9.59 Å². The predicted octanol–water partition coefficient (Wildman–Crippen LogP) is -0.802. The zero-order valence-electron chi connectivity index (χ0n) is 11.1. The molecule has 1 atom stereocenters. The van der Waals surface area contributed by atoms with Gasteiger partial charge in [0.15, 0.2) is 0 Å². The van der Waals surface area contributed by atoms with Gasteiger partial charge in [-0.3, -0.25) is 4.79 Å². The Kier molecular flexibility index (Phi) is 4.43. The van der Waals surface area contributed by atoms with E-state index in [4.69, 9.17) is 4.74 Å². The second kappa shape index (κ2) is 6.08. The number of hydrogen-bond acceptors (Lipinski definition) is 4. The van der Waals surface area contributed by atoms with Gasteiger partial charge >= 0.3 is 12.0 Å². The number of carboxylic acid groups (broad SMARTS) is 1. The molecule has 8 heteroatoms. The van der Waals surface area contributed by atoms with Crippen LogP contribution in [0.4, 0.5) is 4.79 Å². The Morgan fingerprint density at radius 1 is 1.40 bits per heavy atom. The summed E-state index contributed by atoms with van der Waals surface area (Å²) in [6.07, 6.45) is 1.63. The van der Waals surface area contributed by atoms with Gasteiger partial charge < -0.3 is 25.8 Å². The number of amides is 3. The molecular formula is C12H19N3O5. The molecule has 3 amide bonds. The maximum Gasteiger partial charge on any atom is 0.329 e. The molecule has 2 heterocycles. The highest BCUT2D eigenvalue weighted by molar-refractivity contribution is 5.86. The first-order valence-corrected chi connectivity index (χ1v) is 6.68. The highest BCUT2D eigenvalue weighted by Crippen LogP contribution is 2.20. The van der Waals surface area contributed by atoms with Gasteiger partial charge in [0.05, 0.1) is 0 Å². The first-order chi connectivity index (χ1) is 9.52. The van der Waals surface area contributed by atoms with Gasteiger partial charge in [0.2, 0.25) is 5.91 Å². The molecule has 0 saturated carbocycles. The van der Waals surface area contributed by atoms with Crippen LogP contribution in [0.2, 0.25) is 0 Å². The quantitative estimate of drug-likeness (QED) is 0.539. The standard InChI is InChI=1S/C12H19N3O5/c16-9-2-1-8(14-9)7-13-11(19)15-12(10(17)18)3-5-20-6-4-12/h8H,1-7H2,(H,14,16)(H,17,18)(H2,13,15,19). The minimum atomic E-state index is -1.26. The maximum absolute atomic E-state index is 11.8. The van der Waals surface area contributed by atoms with Crippen molar-refractivity contribution < 1.29 is 24.2 Å². The molecule has 2 aliphatic heterocycles. The predicted molar refractivity (Wildman–Crippen MR) is 68.1 cm³/mol. The monoisotopic (exact) mass is 285 g/mol. The van der Waals surface area contributed by atoms with Crippen LogP contribution in [0, 0.1) is 0 Å². The molecule has 0 aromatic carbocycles. The van der Waals surface area contributed by atoms with Gasteiger partial charge in [0, 0.05) is 45.1 Å². The Balaban J connectivity index is 1.82. The van der Waals surface area contributed by atoms with Gasteiger partial charge in [-0.2, -0.15) is 0 Å². The second-order valence-electron chi connectivity index (χ2n) is 5.14. The van der Waals surface area contributed by atoms with Crippen molar-refractivity contribution in [1.29, 1.82) is 0 Å². The van der Waals surface area contributed by atoms with E-state index in [1.54, 1.807) is 0 Å². The minimum absolute atomic E-state index is 0.0244. The summed E-state index contributed by atoms with van der Waals surface area (Å²) in [5.41, 5.74) is -1.26. The Labute approximate surface area is 116 Å². The van der Waals surface area contributed by atoms with Crippen molar-refractivity contribution in [2.45, 2.75) is 37.3 Å². The summed E-state index contributed by atoms with van der Waals surface area (Å²) in [7, 11) is 0. The summed E-state index contributed by atoms with van der Waals surface area (Å²) in [4.78, 5) is 34.2. The van der Waals surface area contributed by atoms with Crippen LogP contribution in [-0.2, 0) is 14.3 Å². The van der Waals surface area contributed by atoms with E-state index in [-0.39, 0.29) is 24.8 Å². The summed E-state index contributed by atoms with van der Waals surface area (Å²) in [5, 5.41) is 17.2. The van der Waals surface area contributed by atoms with E-state index >= 15 is 0 Å². The Bertz CT molecular complexity index is 406. The lowest BCUT2D eigenvalue weighted by atomic mass is 9.90. The van der Waals surface area contributed by atoms with E-state index in [2.05, 4.69) is 16.0 Å². The third-order valence-electron chi connectivity index (χ3n) is 3.70. The van der Waals surface area contributed by atoms with Crippen molar-refractivity contribution in [2.24, 2.45) is 0 Å². The number of urea groups is 1. The molecule has 0 spiro atoms. The van der Waals surface area contributed by atoms with E-state index in [1.165, 1.54) is 0 Å². The van der Waals surface area contributed by atoms with E-state index in [0.29, 0.717) is 32.6 Å². The molecule has 8 nitrogen and oxygen atoms in total. The number of carbonyl (C=O) groups excluding carboxylic acids is 2. The maximum atomic E-state index is 11.8. The summed E-state index contributed by atoms with van der Waals surface area (Å²) >= 11 is 0. The van der Waals surface area contributed by atoms with Crippen molar-refractivity contribution in [2.75, 3.05) is 19.8 Å². The molecule has 112 valence electrons. The average molecular weight is 285 g/mol. The minimum Gasteiger partial charge on any atom is -0.480 e. The van der Waals surface area contributed by atoms with Crippen molar-refractivity contribution in [3.8, 4) is 0 Å². The summed E-state index contributed by atoms with van der Waals surface area (Å²) < 4.78 is 5.13. The van der Waals surface area contributed by atoms with Crippen LogP contribution in [0.3, 0.4) is 0 Å². The van der Waals surface area contributed by atoms with Gasteiger partial charge in [-0.1, -0.05) is 0 Å². The largest absolute Gasteiger partial charge is 0.480 e. The molecule has 0 radical (unpaired) electrons. The number of rotatable bonds is 4. The van der Waals surface area contributed by atoms with E-state index in [1.807, 2.05) is 0 Å². The summed E-state index contributed by atoms with van der Waals surface area (Å²) in [5.74, 6) is -1.08. The Morgan fingerprint density at radius 3 is 2.65 bits per heavy atom. The lowest BCUT2D eigenvalue weighted by Gasteiger charge is -2.33. The first-order valence-electron chi connectivity index (χ1n) is 6.68. The van der Waals surface area contributed by atoms with Crippen molar-refractivity contribution >= 4 is 17.9 Å². The van der Waals surface area contributed by atoms with Gasteiger partial charge in [0.25, 0.3) is 0 Å². The Hall–Kier alpha value is -1.83. The van der Waals surface area contributed by atoms with Crippen LogP contribution in [0.15, 0.2) is 0 Å². The molecule has 0 aliphatic carbocycles. The fraction of sp³-hybridized carbons (Fsp3) is 0.750. The van der Waals surface area contributed by atoms with Crippen molar-refractivity contribution in [1.82, 2.24) is 16.0 Å². The highest BCUT2D eigenvalue weighted by atomic mass is 16.5. The van der Waals surface area contributed by atoms with Crippen molar-refractivity contribution in [3.63, 3.8) is 0 Å². The fourth-order valence-electron chi connectivity index (χ4n) is 2.42. The number of nitrogens with one attached hydrogen (secondary N) is 3. The number of hydrogen-bond donors (Lipinski definition) is 4. The number of carbonyl (C=O) groups is 3. The summed E-state index contributed by atoms with van der Waals surface area (Å²) in [6.45, 7) is 0.917. The van der Waals surface area contributed by atoms with Crippen LogP contribution < -0.4 is 16.0 Å². The molecule has 20 heavy (non-hydrogen) atoms. The first kappa shape index (κ1) is 14.6. The summed E-state index contributed by atoms with van der Waals surface area (Å²) in [6, 6.07) is -0.612. The smallest absolute Gasteiger partial charge is 0.329 e. The van der Waals surface area contributed by atoms with Crippen LogP contribution in [0.1, 0.15) is 25.7 Å². The zero-order chi connectivity index (χ0) is 14.6. The Morgan fingerprint density at radius 2 is 2.10 bits per heavy atom. The van der Waals surface area contributed by atoms with Gasteiger partial charge in [-0.15, -0.1) is 0 Å². The van der Waals surface area contributed by atoms with Crippen LogP contribution in [-0.4, -0.2) is 54.4 Å². The molecule has 2 aliphatic rings. The van der Waals surface area contributed by atoms with Crippen LogP contribution in [0.5, 0.6) is 0 Å². The lowest BCUT2D eigenvalue weighted by Crippen LogP contribution is -2.60. The zero-order valence-corrected chi connectivity index (χ0v) is 11.1. The molecule has 1 unspecified atom stereocenters. The number of ether oxygens (including phenoxy) is 1. The molecule has 2 rings (SSSR count). The molecule has 0 bridgehead atoms. The molecule has 2 saturated heterocycles. The molecule has 0 aromatic heterocycles. The topological polar surface area (TPSA) is 117 Å². The molecule has 0 aromatic rings. The van der Waals surface area contributed by atoms with Crippen molar-refractivity contribution in [3.05, 3.63) is 0 Å². The van der Waals surface area contributed by atoms with E-state index in [9.17, 15) is 19.5 Å². The molecular weight excluding hydrogens is 266 g/mol. The SMILES string of the molecule is O=C1CCC(CNC(=O)NC2(C(=O)O)CCOCC2)N1. The van der Waals surface area contributed by atoms with Crippen LogP contribution in [0.25, 0.3) is 0 Å². The second-order valence-corrected chi connectivity index (χ2v) is 5.14. The third-order valence-corrected chi connectivity index (χ3v) is 3.70. The average Bonchev–Trinajstić information content (AvgIpc) is 2.83.